The van der Waals surface area contributed by atoms with E-state index >= 15 is 0 Å². The molecule has 2 heterocycles. The number of phenolic OH excluding ortho intramolecular Hbond substituents is 1. The number of aryl methyl sites for hydroxylation is 1. The fourth-order valence-electron chi connectivity index (χ4n) is 1.99. The Labute approximate surface area is 97.1 Å². The number of hydrogen-bond donors (Lipinski definition) is 2. The van der Waals surface area contributed by atoms with Gasteiger partial charge in [-0.1, -0.05) is 5.16 Å². The lowest BCUT2D eigenvalue weighted by molar-refractivity contribution is 0.436. The van der Waals surface area contributed by atoms with Gasteiger partial charge in [0, 0.05) is 35.8 Å². The second-order valence-electron chi connectivity index (χ2n) is 3.97. The number of aromatic hydroxyl groups is 1. The van der Waals surface area contributed by atoms with Gasteiger partial charge < -0.3 is 19.9 Å². The van der Waals surface area contributed by atoms with Crippen molar-refractivity contribution in [2.75, 3.05) is 5.73 Å². The van der Waals surface area contributed by atoms with Crippen molar-refractivity contribution in [3.05, 3.63) is 30.5 Å². The molecule has 0 saturated heterocycles. The smallest absolute Gasteiger partial charge is 0.171 e. The monoisotopic (exact) mass is 229 g/mol. The van der Waals surface area contributed by atoms with Crippen LogP contribution in [-0.2, 0) is 7.05 Å². The largest absolute Gasteiger partial charge is 0.508 e. The zero-order chi connectivity index (χ0) is 12.0. The van der Waals surface area contributed by atoms with Crippen molar-refractivity contribution in [2.45, 2.75) is 0 Å². The Kier molecular flexibility index (Phi) is 1.89. The van der Waals surface area contributed by atoms with E-state index in [0.717, 1.165) is 16.5 Å². The molecule has 3 rings (SSSR count). The standard InChI is InChI=1S/C12H11N3O2/c1-15-6-9(11-5-12(13)14-17-11)8-4-7(16)2-3-10(8)15/h2-6,16H,1H3,(H2,13,14). The third-order valence-corrected chi connectivity index (χ3v) is 2.77. The summed E-state index contributed by atoms with van der Waals surface area (Å²) in [6, 6.07) is 6.87. The van der Waals surface area contributed by atoms with Gasteiger partial charge in [0.1, 0.15) is 5.75 Å². The highest BCUT2D eigenvalue weighted by molar-refractivity contribution is 5.95. The van der Waals surface area contributed by atoms with Crippen molar-refractivity contribution in [2.24, 2.45) is 7.05 Å². The van der Waals surface area contributed by atoms with E-state index in [9.17, 15) is 5.11 Å². The fraction of sp³-hybridized carbons (Fsp3) is 0.0833. The SMILES string of the molecule is Cn1cc(-c2cc(N)no2)c2cc(O)ccc21. The quantitative estimate of drug-likeness (QED) is 0.670. The van der Waals surface area contributed by atoms with Crippen molar-refractivity contribution in [1.29, 1.82) is 0 Å². The van der Waals surface area contributed by atoms with Gasteiger partial charge in [0.15, 0.2) is 11.6 Å². The maximum absolute atomic E-state index is 9.54. The lowest BCUT2D eigenvalue weighted by Gasteiger charge is -1.96. The van der Waals surface area contributed by atoms with Crippen molar-refractivity contribution in [3.63, 3.8) is 0 Å². The number of hydrogen-bond acceptors (Lipinski definition) is 4. The average molecular weight is 229 g/mol. The minimum atomic E-state index is 0.220. The highest BCUT2D eigenvalue weighted by Crippen LogP contribution is 2.32. The van der Waals surface area contributed by atoms with E-state index in [-0.39, 0.29) is 5.75 Å². The fourth-order valence-corrected chi connectivity index (χ4v) is 1.99. The van der Waals surface area contributed by atoms with Gasteiger partial charge >= 0.3 is 0 Å². The number of benzene rings is 1. The Balaban J connectivity index is 2.33. The number of phenols is 1. The molecular weight excluding hydrogens is 218 g/mol. The first-order chi connectivity index (χ1) is 8.15. The molecular formula is C12H11N3O2. The van der Waals surface area contributed by atoms with Crippen LogP contribution in [0.2, 0.25) is 0 Å². The lowest BCUT2D eigenvalue weighted by Crippen LogP contribution is -1.82. The summed E-state index contributed by atoms with van der Waals surface area (Å²) >= 11 is 0. The summed E-state index contributed by atoms with van der Waals surface area (Å²) in [7, 11) is 1.93. The molecule has 5 nitrogen and oxygen atoms in total. The van der Waals surface area contributed by atoms with Gasteiger partial charge in [0.25, 0.3) is 0 Å². The molecule has 0 aliphatic rings. The summed E-state index contributed by atoms with van der Waals surface area (Å²) in [5.74, 6) is 1.16. The Morgan fingerprint density at radius 2 is 2.18 bits per heavy atom. The number of nitrogens with zero attached hydrogens (tertiary/aromatic N) is 2. The van der Waals surface area contributed by atoms with Crippen LogP contribution in [0.3, 0.4) is 0 Å². The zero-order valence-corrected chi connectivity index (χ0v) is 9.21. The molecule has 3 aromatic rings. The van der Waals surface area contributed by atoms with Gasteiger partial charge in [0.05, 0.1) is 0 Å². The van der Waals surface area contributed by atoms with E-state index < -0.39 is 0 Å². The van der Waals surface area contributed by atoms with Crippen LogP contribution in [0.1, 0.15) is 0 Å². The molecule has 1 aromatic carbocycles. The molecule has 0 amide bonds. The maximum Gasteiger partial charge on any atom is 0.171 e. The number of rotatable bonds is 1. The number of nitrogens with two attached hydrogens (primary N) is 1. The van der Waals surface area contributed by atoms with E-state index in [1.54, 1.807) is 18.2 Å². The summed E-state index contributed by atoms with van der Waals surface area (Å²) in [6.45, 7) is 0. The molecule has 0 bridgehead atoms. The molecule has 3 N–H and O–H groups in total. The molecule has 0 saturated carbocycles. The van der Waals surface area contributed by atoms with Gasteiger partial charge in [-0.2, -0.15) is 0 Å². The Bertz CT molecular complexity index is 697. The van der Waals surface area contributed by atoms with Crippen LogP contribution in [0, 0.1) is 0 Å². The topological polar surface area (TPSA) is 77.2 Å². The van der Waals surface area contributed by atoms with Gasteiger partial charge in [-0.3, -0.25) is 0 Å². The molecule has 86 valence electrons. The average Bonchev–Trinajstić information content (AvgIpc) is 2.83. The predicted octanol–water partition coefficient (Wildman–Crippen LogP) is 2.12. The first kappa shape index (κ1) is 9.77. The van der Waals surface area contributed by atoms with E-state index in [0.29, 0.717) is 11.6 Å². The second kappa shape index (κ2) is 3.28. The summed E-state index contributed by atoms with van der Waals surface area (Å²) in [5, 5.41) is 14.1. The molecule has 0 unspecified atom stereocenters. The summed E-state index contributed by atoms with van der Waals surface area (Å²) in [4.78, 5) is 0. The van der Waals surface area contributed by atoms with Crippen molar-refractivity contribution >= 4 is 16.7 Å². The van der Waals surface area contributed by atoms with Gasteiger partial charge in [-0.15, -0.1) is 0 Å². The van der Waals surface area contributed by atoms with Gasteiger partial charge in [-0.05, 0) is 18.2 Å². The Morgan fingerprint density at radius 3 is 2.88 bits per heavy atom. The number of fused-ring (bicyclic) bond motifs is 1. The minimum Gasteiger partial charge on any atom is -0.508 e. The summed E-state index contributed by atoms with van der Waals surface area (Å²) < 4.78 is 7.10. The van der Waals surface area contributed by atoms with Crippen LogP contribution in [0.5, 0.6) is 5.75 Å². The second-order valence-corrected chi connectivity index (χ2v) is 3.97. The summed E-state index contributed by atoms with van der Waals surface area (Å²) in [5.41, 5.74) is 7.41. The summed E-state index contributed by atoms with van der Waals surface area (Å²) in [6.07, 6.45) is 1.92. The van der Waals surface area contributed by atoms with E-state index in [1.807, 2.05) is 23.9 Å². The van der Waals surface area contributed by atoms with Crippen LogP contribution in [-0.4, -0.2) is 14.8 Å². The van der Waals surface area contributed by atoms with Crippen LogP contribution in [0.4, 0.5) is 5.82 Å². The van der Waals surface area contributed by atoms with Crippen LogP contribution in [0.15, 0.2) is 35.0 Å². The van der Waals surface area contributed by atoms with E-state index in [4.69, 9.17) is 10.3 Å². The van der Waals surface area contributed by atoms with Crippen LogP contribution in [0.25, 0.3) is 22.2 Å². The minimum absolute atomic E-state index is 0.220. The Morgan fingerprint density at radius 1 is 1.35 bits per heavy atom. The predicted molar refractivity (Wildman–Crippen MR) is 64.5 cm³/mol. The Hall–Kier alpha value is -2.43. The van der Waals surface area contributed by atoms with Crippen LogP contribution >= 0.6 is 0 Å². The molecule has 17 heavy (non-hydrogen) atoms. The third kappa shape index (κ3) is 1.44. The molecule has 0 spiro atoms. The molecule has 0 aliphatic heterocycles. The molecule has 2 aromatic heterocycles. The van der Waals surface area contributed by atoms with Crippen molar-refractivity contribution in [1.82, 2.24) is 9.72 Å². The highest BCUT2D eigenvalue weighted by Gasteiger charge is 2.13. The molecule has 0 aliphatic carbocycles. The zero-order valence-electron chi connectivity index (χ0n) is 9.21. The maximum atomic E-state index is 9.54. The van der Waals surface area contributed by atoms with Crippen molar-refractivity contribution < 1.29 is 9.63 Å². The molecule has 0 fully saturated rings. The normalized spacial score (nSPS) is 11.1. The third-order valence-electron chi connectivity index (χ3n) is 2.77. The number of nitrogen functional groups attached to an aromatic ring is 1. The lowest BCUT2D eigenvalue weighted by atomic mass is 10.1. The molecule has 5 heteroatoms. The van der Waals surface area contributed by atoms with Gasteiger partial charge in [-0.25, -0.2) is 0 Å². The first-order valence-corrected chi connectivity index (χ1v) is 5.16. The van der Waals surface area contributed by atoms with Gasteiger partial charge in [0.2, 0.25) is 0 Å². The number of anilines is 1. The van der Waals surface area contributed by atoms with E-state index in [2.05, 4.69) is 5.16 Å². The van der Waals surface area contributed by atoms with Crippen molar-refractivity contribution in [3.8, 4) is 17.1 Å². The highest BCUT2D eigenvalue weighted by atomic mass is 16.5. The first-order valence-electron chi connectivity index (χ1n) is 5.16. The number of aromatic nitrogens is 2. The molecule has 0 atom stereocenters. The molecule has 0 radical (unpaired) electrons. The van der Waals surface area contributed by atoms with Crippen LogP contribution < -0.4 is 5.73 Å². The van der Waals surface area contributed by atoms with E-state index in [1.165, 1.54) is 0 Å².